The van der Waals surface area contributed by atoms with Gasteiger partial charge in [-0.1, -0.05) is 22.0 Å². The van der Waals surface area contributed by atoms with Gasteiger partial charge in [0.15, 0.2) is 0 Å². The molecule has 0 fully saturated rings. The Labute approximate surface area is 113 Å². The Morgan fingerprint density at radius 2 is 2.00 bits per heavy atom. The van der Waals surface area contributed by atoms with Crippen LogP contribution in [0.15, 0.2) is 40.9 Å². The predicted molar refractivity (Wildman–Crippen MR) is 74.8 cm³/mol. The molecule has 0 aliphatic rings. The number of halogens is 2. The summed E-state index contributed by atoms with van der Waals surface area (Å²) in [7, 11) is 1.54. The van der Waals surface area contributed by atoms with Crippen molar-refractivity contribution in [1.29, 1.82) is 0 Å². The van der Waals surface area contributed by atoms with Crippen molar-refractivity contribution >= 4 is 33.0 Å². The molecule has 0 aromatic heterocycles. The van der Waals surface area contributed by atoms with Crippen molar-refractivity contribution < 1.29 is 9.13 Å². The summed E-state index contributed by atoms with van der Waals surface area (Å²) in [6.07, 6.45) is 0. The van der Waals surface area contributed by atoms with Gasteiger partial charge in [0.25, 0.3) is 0 Å². The fourth-order valence-electron chi connectivity index (χ4n) is 1.57. The van der Waals surface area contributed by atoms with E-state index in [-0.39, 0.29) is 5.82 Å². The lowest BCUT2D eigenvalue weighted by molar-refractivity contribution is 0.417. The van der Waals surface area contributed by atoms with E-state index in [1.54, 1.807) is 30.3 Å². The molecule has 0 unspecified atom stereocenters. The van der Waals surface area contributed by atoms with E-state index in [1.807, 2.05) is 0 Å². The van der Waals surface area contributed by atoms with Crippen LogP contribution < -0.4 is 15.8 Å². The first-order chi connectivity index (χ1) is 8.61. The zero-order valence-corrected chi connectivity index (χ0v) is 11.3. The summed E-state index contributed by atoms with van der Waals surface area (Å²) >= 11 is 3.29. The van der Waals surface area contributed by atoms with Gasteiger partial charge in [0.2, 0.25) is 0 Å². The average Bonchev–Trinajstić information content (AvgIpc) is 2.36. The van der Waals surface area contributed by atoms with Gasteiger partial charge in [0.05, 0.1) is 24.2 Å². The molecule has 0 spiro atoms. The van der Waals surface area contributed by atoms with Gasteiger partial charge < -0.3 is 15.8 Å². The van der Waals surface area contributed by atoms with E-state index in [0.717, 1.165) is 4.47 Å². The normalized spacial score (nSPS) is 10.2. The molecule has 18 heavy (non-hydrogen) atoms. The monoisotopic (exact) mass is 310 g/mol. The van der Waals surface area contributed by atoms with Gasteiger partial charge in [0.1, 0.15) is 11.6 Å². The molecule has 0 bridgehead atoms. The maximum absolute atomic E-state index is 13.6. The minimum Gasteiger partial charge on any atom is -0.495 e. The third kappa shape index (κ3) is 2.56. The van der Waals surface area contributed by atoms with E-state index in [9.17, 15) is 4.39 Å². The van der Waals surface area contributed by atoms with E-state index in [2.05, 4.69) is 21.2 Å². The predicted octanol–water partition coefficient (Wildman–Crippen LogP) is 3.92. The molecule has 0 saturated heterocycles. The van der Waals surface area contributed by atoms with Crippen LogP contribution in [-0.2, 0) is 0 Å². The Morgan fingerprint density at radius 1 is 1.22 bits per heavy atom. The standard InChI is InChI=1S/C13H12BrFN2O/c1-18-12-4-2-3-10(13(12)16)17-11-7-8(14)5-6-9(11)15/h2-7,17H,16H2,1H3. The lowest BCUT2D eigenvalue weighted by atomic mass is 10.2. The van der Waals surface area contributed by atoms with Crippen molar-refractivity contribution in [3.63, 3.8) is 0 Å². The Morgan fingerprint density at radius 3 is 2.72 bits per heavy atom. The van der Waals surface area contributed by atoms with Gasteiger partial charge in [-0.05, 0) is 30.3 Å². The smallest absolute Gasteiger partial charge is 0.146 e. The maximum Gasteiger partial charge on any atom is 0.146 e. The van der Waals surface area contributed by atoms with Gasteiger partial charge in [-0.2, -0.15) is 0 Å². The molecule has 2 aromatic rings. The summed E-state index contributed by atoms with van der Waals surface area (Å²) in [5, 5.41) is 2.95. The van der Waals surface area contributed by atoms with E-state index < -0.39 is 0 Å². The second kappa shape index (κ2) is 5.27. The molecule has 3 nitrogen and oxygen atoms in total. The Hall–Kier alpha value is -1.75. The molecular weight excluding hydrogens is 299 g/mol. The number of benzene rings is 2. The lowest BCUT2D eigenvalue weighted by Crippen LogP contribution is -2.00. The van der Waals surface area contributed by atoms with Crippen molar-refractivity contribution in [1.82, 2.24) is 0 Å². The van der Waals surface area contributed by atoms with Gasteiger partial charge in [-0.3, -0.25) is 0 Å². The van der Waals surface area contributed by atoms with Gasteiger partial charge in [0, 0.05) is 4.47 Å². The van der Waals surface area contributed by atoms with E-state index in [0.29, 0.717) is 22.8 Å². The molecule has 2 rings (SSSR count). The number of nitrogens with two attached hydrogens (primary N) is 1. The fourth-order valence-corrected chi connectivity index (χ4v) is 1.93. The Bertz CT molecular complexity index is 575. The minimum absolute atomic E-state index is 0.347. The second-order valence-corrected chi connectivity index (χ2v) is 4.59. The van der Waals surface area contributed by atoms with Crippen molar-refractivity contribution in [2.45, 2.75) is 0 Å². The minimum atomic E-state index is -0.347. The summed E-state index contributed by atoms with van der Waals surface area (Å²) < 4.78 is 19.5. The SMILES string of the molecule is COc1cccc(Nc2cc(Br)ccc2F)c1N. The summed E-state index contributed by atoms with van der Waals surface area (Å²) in [6, 6.07) is 9.95. The van der Waals surface area contributed by atoms with Crippen LogP contribution in [-0.4, -0.2) is 7.11 Å². The zero-order chi connectivity index (χ0) is 13.1. The topological polar surface area (TPSA) is 47.3 Å². The molecule has 0 saturated carbocycles. The Kier molecular flexibility index (Phi) is 3.72. The summed E-state index contributed by atoms with van der Waals surface area (Å²) in [6.45, 7) is 0. The number of para-hydroxylation sites is 1. The number of methoxy groups -OCH3 is 1. The third-order valence-corrected chi connectivity index (χ3v) is 2.98. The number of anilines is 3. The first kappa shape index (κ1) is 12.7. The first-order valence-corrected chi connectivity index (χ1v) is 6.05. The average molecular weight is 311 g/mol. The van der Waals surface area contributed by atoms with Crippen LogP contribution in [0.3, 0.4) is 0 Å². The fraction of sp³-hybridized carbons (Fsp3) is 0.0769. The highest BCUT2D eigenvalue weighted by molar-refractivity contribution is 9.10. The first-order valence-electron chi connectivity index (χ1n) is 5.26. The van der Waals surface area contributed by atoms with Crippen LogP contribution in [0.1, 0.15) is 0 Å². The van der Waals surface area contributed by atoms with E-state index in [1.165, 1.54) is 13.2 Å². The highest BCUT2D eigenvalue weighted by Gasteiger charge is 2.08. The summed E-state index contributed by atoms with van der Waals surface area (Å²) in [4.78, 5) is 0. The van der Waals surface area contributed by atoms with Gasteiger partial charge in [-0.25, -0.2) is 4.39 Å². The number of hydrogen-bond acceptors (Lipinski definition) is 3. The van der Waals surface area contributed by atoms with Crippen molar-refractivity contribution in [3.8, 4) is 5.75 Å². The highest BCUT2D eigenvalue weighted by Crippen LogP contribution is 2.32. The highest BCUT2D eigenvalue weighted by atomic mass is 79.9. The molecule has 2 aromatic carbocycles. The van der Waals surface area contributed by atoms with E-state index >= 15 is 0 Å². The number of nitrogens with one attached hydrogen (secondary N) is 1. The van der Waals surface area contributed by atoms with Crippen LogP contribution in [0.25, 0.3) is 0 Å². The Balaban J connectivity index is 2.37. The van der Waals surface area contributed by atoms with Crippen molar-refractivity contribution in [2.24, 2.45) is 0 Å². The number of rotatable bonds is 3. The molecule has 0 amide bonds. The van der Waals surface area contributed by atoms with Crippen molar-refractivity contribution in [2.75, 3.05) is 18.2 Å². The molecule has 0 atom stereocenters. The van der Waals surface area contributed by atoms with Crippen LogP contribution in [0, 0.1) is 5.82 Å². The second-order valence-electron chi connectivity index (χ2n) is 3.67. The molecule has 3 N–H and O–H groups in total. The molecule has 0 aliphatic heterocycles. The zero-order valence-electron chi connectivity index (χ0n) is 9.71. The third-order valence-electron chi connectivity index (χ3n) is 2.48. The summed E-state index contributed by atoms with van der Waals surface area (Å²) in [5.41, 5.74) is 7.31. The lowest BCUT2D eigenvalue weighted by Gasteiger charge is -2.12. The van der Waals surface area contributed by atoms with Crippen LogP contribution >= 0.6 is 15.9 Å². The molecule has 94 valence electrons. The number of ether oxygens (including phenoxy) is 1. The quantitative estimate of drug-likeness (QED) is 0.845. The van der Waals surface area contributed by atoms with Crippen molar-refractivity contribution in [3.05, 3.63) is 46.7 Å². The van der Waals surface area contributed by atoms with Gasteiger partial charge >= 0.3 is 0 Å². The van der Waals surface area contributed by atoms with E-state index in [4.69, 9.17) is 10.5 Å². The molecular formula is C13H12BrFN2O. The largest absolute Gasteiger partial charge is 0.495 e. The molecule has 5 heteroatoms. The molecule has 0 radical (unpaired) electrons. The van der Waals surface area contributed by atoms with Crippen LogP contribution in [0.5, 0.6) is 5.75 Å². The number of hydrogen-bond donors (Lipinski definition) is 2. The molecule has 0 aliphatic carbocycles. The van der Waals surface area contributed by atoms with Gasteiger partial charge in [-0.15, -0.1) is 0 Å². The summed E-state index contributed by atoms with van der Waals surface area (Å²) in [5.74, 6) is 0.204. The molecule has 0 heterocycles. The van der Waals surface area contributed by atoms with Crippen LogP contribution in [0.4, 0.5) is 21.5 Å². The van der Waals surface area contributed by atoms with Crippen LogP contribution in [0.2, 0.25) is 0 Å². The maximum atomic E-state index is 13.6. The number of nitrogen functional groups attached to an aromatic ring is 1.